The molecule has 2 aliphatic rings. The Kier molecular flexibility index (Phi) is 4.90. The van der Waals surface area contributed by atoms with E-state index in [0.29, 0.717) is 0 Å². The number of esters is 1. The molecule has 0 amide bonds. The van der Waals surface area contributed by atoms with Gasteiger partial charge in [0, 0.05) is 22.8 Å². The first-order chi connectivity index (χ1) is 10.6. The molecule has 132 valence electrons. The number of hydrogen-bond acceptors (Lipinski definition) is 7. The van der Waals surface area contributed by atoms with E-state index in [9.17, 15) is 30.3 Å². The summed E-state index contributed by atoms with van der Waals surface area (Å²) in [5, 5.41) is 52.0. The Morgan fingerprint density at radius 3 is 2.48 bits per heavy atom. The zero-order chi connectivity index (χ0) is 17.6. The molecular weight excluding hydrogens is 304 g/mol. The van der Waals surface area contributed by atoms with Crippen molar-refractivity contribution in [3.8, 4) is 0 Å². The monoisotopic (exact) mass is 330 g/mol. The molecule has 0 saturated heterocycles. The van der Waals surface area contributed by atoms with Gasteiger partial charge in [-0.3, -0.25) is 0 Å². The van der Waals surface area contributed by atoms with E-state index in [1.54, 1.807) is 6.92 Å². The Morgan fingerprint density at radius 2 is 1.96 bits per heavy atom. The molecule has 0 heterocycles. The number of carbonyl (C=O) groups excluding carboxylic acids is 1. The van der Waals surface area contributed by atoms with Crippen LogP contribution in [0.2, 0.25) is 0 Å². The van der Waals surface area contributed by atoms with Crippen molar-refractivity contribution in [1.29, 1.82) is 0 Å². The van der Waals surface area contributed by atoms with Gasteiger partial charge in [-0.05, 0) is 19.3 Å². The minimum atomic E-state index is -1.60. The lowest BCUT2D eigenvalue weighted by atomic mass is 9.50. The van der Waals surface area contributed by atoms with E-state index < -0.39 is 53.7 Å². The van der Waals surface area contributed by atoms with Crippen LogP contribution in [0, 0.1) is 17.3 Å². The predicted molar refractivity (Wildman–Crippen MR) is 80.2 cm³/mol. The van der Waals surface area contributed by atoms with E-state index in [0.717, 1.165) is 0 Å². The van der Waals surface area contributed by atoms with Crippen molar-refractivity contribution >= 4 is 5.97 Å². The van der Waals surface area contributed by atoms with Crippen molar-refractivity contribution in [3.05, 3.63) is 12.2 Å². The Labute approximate surface area is 135 Å². The van der Waals surface area contributed by atoms with Gasteiger partial charge in [-0.25, -0.2) is 4.79 Å². The Balaban J connectivity index is 2.44. The molecule has 7 atom stereocenters. The van der Waals surface area contributed by atoms with Crippen LogP contribution in [-0.2, 0) is 9.53 Å². The maximum absolute atomic E-state index is 11.7. The lowest BCUT2D eigenvalue weighted by molar-refractivity contribution is -0.246. The molecule has 0 aromatic rings. The summed E-state index contributed by atoms with van der Waals surface area (Å²) >= 11 is 0. The first-order valence-corrected chi connectivity index (χ1v) is 7.77. The fraction of sp³-hybridized carbons (Fsp3) is 0.812. The molecule has 2 aliphatic carbocycles. The van der Waals surface area contributed by atoms with Gasteiger partial charge in [0.25, 0.3) is 0 Å². The predicted octanol–water partition coefficient (Wildman–Crippen LogP) is -1.04. The average molecular weight is 330 g/mol. The molecule has 23 heavy (non-hydrogen) atoms. The number of carbonyl (C=O) groups is 1. The standard InChI is InChI=1S/C16H26O7/c1-8(14(21)23-3)11-9(18)6-15(2)10(19)4-5-16(22,7-17)13(15)12(11)20/h9-13,17-20,22H,1,4-7H2,2-3H3/t9-,10-,11-,12-,13-,15+,16+/m0/s1. The number of aliphatic hydroxyl groups is 5. The molecule has 7 heteroatoms. The van der Waals surface area contributed by atoms with Crippen molar-refractivity contribution in [3.63, 3.8) is 0 Å². The van der Waals surface area contributed by atoms with Crippen LogP contribution in [-0.4, -0.2) is 69.1 Å². The normalized spacial score (nSPS) is 46.8. The molecule has 0 unspecified atom stereocenters. The third-order valence-corrected chi connectivity index (χ3v) is 5.80. The smallest absolute Gasteiger partial charge is 0.333 e. The van der Waals surface area contributed by atoms with Crippen molar-refractivity contribution in [2.24, 2.45) is 17.3 Å². The Bertz CT molecular complexity index is 493. The van der Waals surface area contributed by atoms with Crippen molar-refractivity contribution in [1.82, 2.24) is 0 Å². The summed E-state index contributed by atoms with van der Waals surface area (Å²) in [6.07, 6.45) is -2.85. The van der Waals surface area contributed by atoms with Gasteiger partial charge in [0.1, 0.15) is 0 Å². The number of hydrogen-bond donors (Lipinski definition) is 5. The van der Waals surface area contributed by atoms with Crippen molar-refractivity contribution in [2.45, 2.75) is 50.1 Å². The number of methoxy groups -OCH3 is 1. The van der Waals surface area contributed by atoms with E-state index in [1.807, 2.05) is 0 Å². The van der Waals surface area contributed by atoms with Gasteiger partial charge in [-0.1, -0.05) is 13.5 Å². The first-order valence-electron chi connectivity index (χ1n) is 7.77. The van der Waals surface area contributed by atoms with Gasteiger partial charge in [0.2, 0.25) is 0 Å². The van der Waals surface area contributed by atoms with Gasteiger partial charge < -0.3 is 30.3 Å². The second-order valence-corrected chi connectivity index (χ2v) is 7.10. The van der Waals surface area contributed by atoms with Crippen molar-refractivity contribution < 1.29 is 35.1 Å². The molecule has 2 saturated carbocycles. The number of ether oxygens (including phenoxy) is 1. The van der Waals surface area contributed by atoms with E-state index in [1.165, 1.54) is 7.11 Å². The zero-order valence-corrected chi connectivity index (χ0v) is 13.5. The quantitative estimate of drug-likeness (QED) is 0.330. The molecule has 0 bridgehead atoms. The van der Waals surface area contributed by atoms with Crippen molar-refractivity contribution in [2.75, 3.05) is 13.7 Å². The van der Waals surface area contributed by atoms with Crippen LogP contribution >= 0.6 is 0 Å². The topological polar surface area (TPSA) is 127 Å². The van der Waals surface area contributed by atoms with Crippen LogP contribution in [0.1, 0.15) is 26.2 Å². The van der Waals surface area contributed by atoms with Gasteiger partial charge >= 0.3 is 5.97 Å². The number of aliphatic hydroxyl groups excluding tert-OH is 4. The highest BCUT2D eigenvalue weighted by Crippen LogP contribution is 2.56. The summed E-state index contributed by atoms with van der Waals surface area (Å²) in [6, 6.07) is 0. The maximum atomic E-state index is 11.7. The van der Waals surface area contributed by atoms with Gasteiger partial charge in [0.05, 0.1) is 37.6 Å². The van der Waals surface area contributed by atoms with E-state index in [2.05, 4.69) is 11.3 Å². The summed E-state index contributed by atoms with van der Waals surface area (Å²) in [7, 11) is 1.17. The number of rotatable bonds is 3. The van der Waals surface area contributed by atoms with Gasteiger partial charge in [-0.15, -0.1) is 0 Å². The summed E-state index contributed by atoms with van der Waals surface area (Å²) in [6.45, 7) is 4.70. The maximum Gasteiger partial charge on any atom is 0.333 e. The average Bonchev–Trinajstić information content (AvgIpc) is 2.49. The number of fused-ring (bicyclic) bond motifs is 1. The SMILES string of the molecule is C=C(C(=O)OC)[C@@H]1[C@H](O)[C@@H]2[C@](O)(CO)CC[C@H](O)[C@@]2(C)C[C@@H]1O. The molecule has 0 spiro atoms. The van der Waals surface area contributed by atoms with Crippen LogP contribution in [0.15, 0.2) is 12.2 Å². The molecule has 7 nitrogen and oxygen atoms in total. The van der Waals surface area contributed by atoms with E-state index in [-0.39, 0.29) is 24.8 Å². The molecular formula is C16H26O7. The molecule has 5 N–H and O–H groups in total. The third kappa shape index (κ3) is 2.70. The highest BCUT2D eigenvalue weighted by atomic mass is 16.5. The molecule has 2 fully saturated rings. The van der Waals surface area contributed by atoms with E-state index in [4.69, 9.17) is 0 Å². The zero-order valence-electron chi connectivity index (χ0n) is 13.5. The van der Waals surface area contributed by atoms with Crippen LogP contribution in [0.4, 0.5) is 0 Å². The lowest BCUT2D eigenvalue weighted by Gasteiger charge is -2.59. The minimum Gasteiger partial charge on any atom is -0.466 e. The highest BCUT2D eigenvalue weighted by Gasteiger charge is 2.63. The van der Waals surface area contributed by atoms with Crippen LogP contribution in [0.25, 0.3) is 0 Å². The van der Waals surface area contributed by atoms with Crippen LogP contribution in [0.3, 0.4) is 0 Å². The Morgan fingerprint density at radius 1 is 1.35 bits per heavy atom. The second-order valence-electron chi connectivity index (χ2n) is 7.10. The second kappa shape index (κ2) is 6.14. The lowest BCUT2D eigenvalue weighted by Crippen LogP contribution is -2.67. The minimum absolute atomic E-state index is 0.0683. The molecule has 2 rings (SSSR count). The molecule has 0 radical (unpaired) electrons. The highest BCUT2D eigenvalue weighted by molar-refractivity contribution is 5.88. The molecule has 0 aromatic carbocycles. The molecule has 0 aliphatic heterocycles. The molecule has 0 aromatic heterocycles. The van der Waals surface area contributed by atoms with Gasteiger partial charge in [0.15, 0.2) is 0 Å². The fourth-order valence-electron chi connectivity index (χ4n) is 4.56. The summed E-state index contributed by atoms with van der Waals surface area (Å²) < 4.78 is 4.60. The summed E-state index contributed by atoms with van der Waals surface area (Å²) in [5.41, 5.74) is -2.67. The van der Waals surface area contributed by atoms with Gasteiger partial charge in [-0.2, -0.15) is 0 Å². The van der Waals surface area contributed by atoms with E-state index >= 15 is 0 Å². The first kappa shape index (κ1) is 18.4. The third-order valence-electron chi connectivity index (χ3n) is 5.80. The summed E-state index contributed by atoms with van der Waals surface area (Å²) in [4.78, 5) is 11.7. The fourth-order valence-corrected chi connectivity index (χ4v) is 4.56. The largest absolute Gasteiger partial charge is 0.466 e. The Hall–Kier alpha value is -0.990. The van der Waals surface area contributed by atoms with Crippen LogP contribution in [0.5, 0.6) is 0 Å². The summed E-state index contributed by atoms with van der Waals surface area (Å²) in [5.74, 6) is -2.68. The van der Waals surface area contributed by atoms with Crippen LogP contribution < -0.4 is 0 Å².